The van der Waals surface area contributed by atoms with Crippen LogP contribution in [0.15, 0.2) is 29.2 Å². The van der Waals surface area contributed by atoms with Crippen molar-refractivity contribution >= 4 is 41.7 Å². The number of hydrogen-bond donors (Lipinski definition) is 2. The Morgan fingerprint density at radius 3 is 2.80 bits per heavy atom. The normalized spacial score (nSPS) is 21.9. The van der Waals surface area contributed by atoms with Gasteiger partial charge in [0.05, 0.1) is 5.75 Å². The van der Waals surface area contributed by atoms with Crippen LogP contribution >= 0.6 is 35.8 Å². The second-order valence-electron chi connectivity index (χ2n) is 4.80. The van der Waals surface area contributed by atoms with Gasteiger partial charge in [0.2, 0.25) is 5.91 Å². The summed E-state index contributed by atoms with van der Waals surface area (Å²) in [6.07, 6.45) is 2.19. The minimum Gasteiger partial charge on any atom is -0.351 e. The molecule has 0 radical (unpaired) electrons. The number of carbonyl (C=O) groups is 1. The van der Waals surface area contributed by atoms with Crippen molar-refractivity contribution < 1.29 is 4.79 Å². The molecule has 0 aliphatic carbocycles. The van der Waals surface area contributed by atoms with Crippen molar-refractivity contribution in [1.29, 1.82) is 0 Å². The van der Waals surface area contributed by atoms with Gasteiger partial charge in [-0.25, -0.2) is 0 Å². The van der Waals surface area contributed by atoms with E-state index in [4.69, 9.17) is 11.6 Å². The summed E-state index contributed by atoms with van der Waals surface area (Å²) in [5.74, 6) is 0.547. The van der Waals surface area contributed by atoms with Crippen molar-refractivity contribution in [3.05, 3.63) is 29.3 Å². The molecule has 2 rings (SSSR count). The monoisotopic (exact) mass is 334 g/mol. The fourth-order valence-electron chi connectivity index (χ4n) is 2.17. The largest absolute Gasteiger partial charge is 0.351 e. The molecular weight excluding hydrogens is 315 g/mol. The number of piperidine rings is 1. The quantitative estimate of drug-likeness (QED) is 0.831. The molecule has 1 amide bonds. The summed E-state index contributed by atoms with van der Waals surface area (Å²) in [5.41, 5.74) is 0. The Kier molecular flexibility index (Phi) is 7.74. The fourth-order valence-corrected chi connectivity index (χ4v) is 3.00. The number of rotatable bonds is 4. The molecule has 0 bridgehead atoms. The SMILES string of the molecule is CC1NCCCC1NC(=O)CSc1ccc(Cl)cc1.Cl. The number of hydrogen-bond acceptors (Lipinski definition) is 3. The van der Waals surface area contributed by atoms with Crippen LogP contribution in [-0.4, -0.2) is 30.3 Å². The molecule has 112 valence electrons. The van der Waals surface area contributed by atoms with Gasteiger partial charge in [0.25, 0.3) is 0 Å². The number of halogens is 2. The molecule has 3 nitrogen and oxygen atoms in total. The number of carbonyl (C=O) groups excluding carboxylic acids is 1. The summed E-state index contributed by atoms with van der Waals surface area (Å²) in [4.78, 5) is 13.0. The summed E-state index contributed by atoms with van der Waals surface area (Å²) in [5, 5.41) is 7.20. The molecule has 1 heterocycles. The first kappa shape index (κ1) is 17.6. The van der Waals surface area contributed by atoms with Gasteiger partial charge < -0.3 is 10.6 Å². The van der Waals surface area contributed by atoms with Crippen molar-refractivity contribution in [1.82, 2.24) is 10.6 Å². The van der Waals surface area contributed by atoms with Gasteiger partial charge in [0.1, 0.15) is 0 Å². The van der Waals surface area contributed by atoms with Crippen molar-refractivity contribution in [2.24, 2.45) is 0 Å². The molecule has 1 fully saturated rings. The molecule has 0 saturated carbocycles. The van der Waals surface area contributed by atoms with E-state index in [1.165, 1.54) is 11.8 Å². The highest BCUT2D eigenvalue weighted by atomic mass is 35.5. The highest BCUT2D eigenvalue weighted by Crippen LogP contribution is 2.20. The number of nitrogens with one attached hydrogen (secondary N) is 2. The van der Waals surface area contributed by atoms with Crippen LogP contribution in [0.25, 0.3) is 0 Å². The molecule has 6 heteroatoms. The molecule has 20 heavy (non-hydrogen) atoms. The Balaban J connectivity index is 0.00000200. The molecular formula is C14H20Cl2N2OS. The zero-order valence-electron chi connectivity index (χ0n) is 11.4. The third-order valence-electron chi connectivity index (χ3n) is 3.29. The van der Waals surface area contributed by atoms with Crippen LogP contribution in [0.3, 0.4) is 0 Å². The zero-order chi connectivity index (χ0) is 13.7. The topological polar surface area (TPSA) is 41.1 Å². The molecule has 0 spiro atoms. The van der Waals surface area contributed by atoms with Crippen molar-refractivity contribution in [2.75, 3.05) is 12.3 Å². The molecule has 1 aliphatic rings. The fraction of sp³-hybridized carbons (Fsp3) is 0.500. The summed E-state index contributed by atoms with van der Waals surface area (Å²) < 4.78 is 0. The van der Waals surface area contributed by atoms with E-state index in [2.05, 4.69) is 17.6 Å². The van der Waals surface area contributed by atoms with Gasteiger partial charge in [-0.2, -0.15) is 0 Å². The number of amides is 1. The van der Waals surface area contributed by atoms with E-state index in [-0.39, 0.29) is 24.4 Å². The Morgan fingerprint density at radius 2 is 2.15 bits per heavy atom. The van der Waals surface area contributed by atoms with Crippen LogP contribution in [-0.2, 0) is 4.79 Å². The Bertz CT molecular complexity index is 428. The van der Waals surface area contributed by atoms with Gasteiger partial charge >= 0.3 is 0 Å². The predicted octanol–water partition coefficient (Wildman–Crippen LogP) is 3.11. The van der Waals surface area contributed by atoms with E-state index in [9.17, 15) is 4.79 Å². The lowest BCUT2D eigenvalue weighted by Gasteiger charge is -2.30. The van der Waals surface area contributed by atoms with Crippen LogP contribution < -0.4 is 10.6 Å². The third kappa shape index (κ3) is 5.52. The first-order chi connectivity index (χ1) is 9.15. The van der Waals surface area contributed by atoms with Gasteiger partial charge in [-0.15, -0.1) is 24.2 Å². The maximum atomic E-state index is 11.9. The first-order valence-electron chi connectivity index (χ1n) is 6.56. The lowest BCUT2D eigenvalue weighted by molar-refractivity contribution is -0.119. The summed E-state index contributed by atoms with van der Waals surface area (Å²) in [7, 11) is 0. The summed E-state index contributed by atoms with van der Waals surface area (Å²) >= 11 is 7.36. The van der Waals surface area contributed by atoms with Crippen LogP contribution in [0.5, 0.6) is 0 Å². The van der Waals surface area contributed by atoms with Crippen molar-refractivity contribution in [3.8, 4) is 0 Å². The van der Waals surface area contributed by atoms with E-state index in [1.807, 2.05) is 24.3 Å². The molecule has 1 aromatic rings. The van der Waals surface area contributed by atoms with Gasteiger partial charge in [0.15, 0.2) is 0 Å². The van der Waals surface area contributed by atoms with Crippen LogP contribution in [0.2, 0.25) is 5.02 Å². The lowest BCUT2D eigenvalue weighted by Crippen LogP contribution is -2.52. The third-order valence-corrected chi connectivity index (χ3v) is 4.56. The van der Waals surface area contributed by atoms with Crippen LogP contribution in [0.4, 0.5) is 0 Å². The molecule has 2 N–H and O–H groups in total. The highest BCUT2D eigenvalue weighted by Gasteiger charge is 2.22. The van der Waals surface area contributed by atoms with E-state index >= 15 is 0 Å². The van der Waals surface area contributed by atoms with Crippen LogP contribution in [0.1, 0.15) is 19.8 Å². The zero-order valence-corrected chi connectivity index (χ0v) is 13.8. The minimum absolute atomic E-state index is 0. The smallest absolute Gasteiger partial charge is 0.230 e. The summed E-state index contributed by atoms with van der Waals surface area (Å²) in [6, 6.07) is 8.17. The number of benzene rings is 1. The van der Waals surface area contributed by atoms with Crippen molar-refractivity contribution in [3.63, 3.8) is 0 Å². The second kappa shape index (κ2) is 8.78. The van der Waals surface area contributed by atoms with Crippen molar-refractivity contribution in [2.45, 2.75) is 36.7 Å². The Labute approximate surface area is 135 Å². The average molecular weight is 335 g/mol. The Hall–Kier alpha value is -0.420. The summed E-state index contributed by atoms with van der Waals surface area (Å²) in [6.45, 7) is 3.17. The maximum absolute atomic E-state index is 11.9. The molecule has 0 aromatic heterocycles. The predicted molar refractivity (Wildman–Crippen MR) is 88.1 cm³/mol. The highest BCUT2D eigenvalue weighted by molar-refractivity contribution is 8.00. The second-order valence-corrected chi connectivity index (χ2v) is 6.29. The van der Waals surface area contributed by atoms with Gasteiger partial charge in [-0.3, -0.25) is 4.79 Å². The molecule has 1 aliphatic heterocycles. The molecule has 2 unspecified atom stereocenters. The molecule has 1 aromatic carbocycles. The minimum atomic E-state index is 0. The lowest BCUT2D eigenvalue weighted by atomic mass is 10.00. The van der Waals surface area contributed by atoms with E-state index < -0.39 is 0 Å². The van der Waals surface area contributed by atoms with Gasteiger partial charge in [-0.05, 0) is 50.6 Å². The average Bonchev–Trinajstić information content (AvgIpc) is 2.41. The van der Waals surface area contributed by atoms with Gasteiger partial charge in [0, 0.05) is 22.0 Å². The van der Waals surface area contributed by atoms with E-state index in [0.29, 0.717) is 11.8 Å². The standard InChI is InChI=1S/C14H19ClN2OS.ClH/c1-10-13(3-2-8-16-10)17-14(18)9-19-12-6-4-11(15)5-7-12;/h4-7,10,13,16H,2-3,8-9H2,1H3,(H,17,18);1H. The maximum Gasteiger partial charge on any atom is 0.230 e. The van der Waals surface area contributed by atoms with Crippen LogP contribution in [0, 0.1) is 0 Å². The Morgan fingerprint density at radius 1 is 1.45 bits per heavy atom. The van der Waals surface area contributed by atoms with Gasteiger partial charge in [-0.1, -0.05) is 11.6 Å². The first-order valence-corrected chi connectivity index (χ1v) is 7.92. The molecule has 1 saturated heterocycles. The van der Waals surface area contributed by atoms with E-state index in [1.54, 1.807) is 0 Å². The van der Waals surface area contributed by atoms with E-state index in [0.717, 1.165) is 29.3 Å². The molecule has 2 atom stereocenters. The number of thioether (sulfide) groups is 1.